The molecule has 1 atom stereocenters. The molecule has 2 N–H and O–H groups in total. The number of halogens is 1. The number of piperidine rings is 1. The molecule has 3 nitrogen and oxygen atoms in total. The molecule has 0 radical (unpaired) electrons. The monoisotopic (exact) mass is 236 g/mol. The smallest absolute Gasteiger partial charge is 0.224 e. The maximum atomic E-state index is 11.1. The first-order valence-corrected chi connectivity index (χ1v) is 5.54. The molecule has 84 valence electrons. The summed E-state index contributed by atoms with van der Waals surface area (Å²) < 4.78 is 0. The molecule has 1 fully saturated rings. The summed E-state index contributed by atoms with van der Waals surface area (Å²) in [4.78, 5) is 11.1. The number of hydrogen-bond acceptors (Lipinski definition) is 2. The third-order valence-electron chi connectivity index (χ3n) is 2.57. The van der Waals surface area contributed by atoms with Gasteiger partial charge >= 0.3 is 0 Å². The largest absolute Gasteiger partial charge is 0.377 e. The van der Waals surface area contributed by atoms with Gasteiger partial charge in [-0.1, -0.05) is 18.2 Å². The van der Waals surface area contributed by atoms with Crippen LogP contribution in [0.3, 0.4) is 0 Å². The van der Waals surface area contributed by atoms with E-state index in [1.54, 1.807) is 0 Å². The number of benzene rings is 1. The highest BCUT2D eigenvalue weighted by atomic mass is 35.5. The van der Waals surface area contributed by atoms with Crippen LogP contribution in [-0.2, 0) is 4.79 Å². The molecule has 0 aliphatic carbocycles. The number of nitrogens with one attached hydrogen (secondary N) is 2. The van der Waals surface area contributed by atoms with E-state index >= 15 is 0 Å². The van der Waals surface area contributed by atoms with E-state index in [4.69, 9.17) is 11.6 Å². The van der Waals surface area contributed by atoms with Crippen molar-refractivity contribution in [3.63, 3.8) is 0 Å². The van der Waals surface area contributed by atoms with Crippen molar-refractivity contribution >= 4 is 23.2 Å². The maximum Gasteiger partial charge on any atom is 0.224 e. The minimum absolute atomic E-state index is 0.0409. The minimum Gasteiger partial charge on any atom is -0.377 e. The Bertz CT molecular complexity index is 414. The van der Waals surface area contributed by atoms with Gasteiger partial charge in [0.15, 0.2) is 0 Å². The van der Waals surface area contributed by atoms with E-state index in [1.807, 2.05) is 24.3 Å². The summed E-state index contributed by atoms with van der Waals surface area (Å²) in [6.07, 6.45) is 1.30. The lowest BCUT2D eigenvalue weighted by Crippen LogP contribution is -2.39. The zero-order chi connectivity index (χ0) is 11.5. The summed E-state index contributed by atoms with van der Waals surface area (Å²) in [6.45, 7) is 3.84. The molecule has 16 heavy (non-hydrogen) atoms. The standard InChI is InChI=1S/C12H13ClN2O/c1-8-11(6-7-12(16)14-8)15-10-4-2-9(13)3-5-10/h2-5,11,15H,1,6-7H2,(H,14,16). The van der Waals surface area contributed by atoms with Gasteiger partial charge in [-0.25, -0.2) is 0 Å². The van der Waals surface area contributed by atoms with Gasteiger partial charge in [0.2, 0.25) is 5.91 Å². The lowest BCUT2D eigenvalue weighted by atomic mass is 10.0. The second-order valence-electron chi connectivity index (χ2n) is 3.82. The summed E-state index contributed by atoms with van der Waals surface area (Å²) >= 11 is 5.80. The van der Waals surface area contributed by atoms with E-state index in [9.17, 15) is 4.79 Å². The van der Waals surface area contributed by atoms with Gasteiger partial charge in [0.25, 0.3) is 0 Å². The Morgan fingerprint density at radius 1 is 1.38 bits per heavy atom. The number of carbonyl (C=O) groups excluding carboxylic acids is 1. The molecule has 2 rings (SSSR count). The van der Waals surface area contributed by atoms with Crippen molar-refractivity contribution in [2.45, 2.75) is 18.9 Å². The van der Waals surface area contributed by atoms with Crippen LogP contribution in [0.25, 0.3) is 0 Å². The first kappa shape index (κ1) is 11.0. The number of carbonyl (C=O) groups is 1. The first-order valence-electron chi connectivity index (χ1n) is 5.16. The molecule has 1 heterocycles. The molecule has 1 aromatic carbocycles. The zero-order valence-corrected chi connectivity index (χ0v) is 9.55. The lowest BCUT2D eigenvalue weighted by molar-refractivity contribution is -0.121. The van der Waals surface area contributed by atoms with Gasteiger partial charge in [-0.15, -0.1) is 0 Å². The second-order valence-corrected chi connectivity index (χ2v) is 4.25. The minimum atomic E-state index is 0.0409. The quantitative estimate of drug-likeness (QED) is 0.829. The summed E-state index contributed by atoms with van der Waals surface area (Å²) in [6, 6.07) is 7.57. The van der Waals surface area contributed by atoms with Crippen molar-refractivity contribution in [1.82, 2.24) is 5.32 Å². The van der Waals surface area contributed by atoms with Gasteiger partial charge in [0.05, 0.1) is 6.04 Å². The third-order valence-corrected chi connectivity index (χ3v) is 2.82. The fourth-order valence-electron chi connectivity index (χ4n) is 1.68. The fraction of sp³-hybridized carbons (Fsp3) is 0.250. The van der Waals surface area contributed by atoms with Gasteiger partial charge in [0.1, 0.15) is 0 Å². The van der Waals surface area contributed by atoms with Crippen LogP contribution in [0, 0.1) is 0 Å². The summed E-state index contributed by atoms with van der Waals surface area (Å²) in [5, 5.41) is 6.75. The summed E-state index contributed by atoms with van der Waals surface area (Å²) in [7, 11) is 0. The van der Waals surface area contributed by atoms with Gasteiger partial charge in [-0.05, 0) is 30.7 Å². The molecule has 1 amide bonds. The highest BCUT2D eigenvalue weighted by Crippen LogP contribution is 2.19. The van der Waals surface area contributed by atoms with E-state index in [-0.39, 0.29) is 11.9 Å². The zero-order valence-electron chi connectivity index (χ0n) is 8.79. The Labute approximate surface area is 99.5 Å². The van der Waals surface area contributed by atoms with Crippen LogP contribution in [0.1, 0.15) is 12.8 Å². The Hall–Kier alpha value is -1.48. The number of rotatable bonds is 2. The molecule has 0 saturated carbocycles. The Morgan fingerprint density at radius 3 is 2.69 bits per heavy atom. The van der Waals surface area contributed by atoms with E-state index in [1.165, 1.54) is 0 Å². The number of anilines is 1. The molecule has 0 bridgehead atoms. The van der Waals surface area contributed by atoms with E-state index in [2.05, 4.69) is 17.2 Å². The Balaban J connectivity index is 2.02. The highest BCUT2D eigenvalue weighted by Gasteiger charge is 2.21. The van der Waals surface area contributed by atoms with Gasteiger partial charge in [0, 0.05) is 22.8 Å². The first-order chi connectivity index (χ1) is 7.65. The summed E-state index contributed by atoms with van der Waals surface area (Å²) in [5.41, 5.74) is 1.71. The average Bonchev–Trinajstić information content (AvgIpc) is 2.25. The predicted molar refractivity (Wildman–Crippen MR) is 65.4 cm³/mol. The molecule has 1 aliphatic rings. The molecule has 1 aliphatic heterocycles. The van der Waals surface area contributed by atoms with Crippen LogP contribution in [-0.4, -0.2) is 11.9 Å². The van der Waals surface area contributed by atoms with E-state index < -0.39 is 0 Å². The molecular weight excluding hydrogens is 224 g/mol. The van der Waals surface area contributed by atoms with Crippen molar-refractivity contribution in [2.24, 2.45) is 0 Å². The van der Waals surface area contributed by atoms with Gasteiger partial charge in [-0.3, -0.25) is 4.79 Å². The van der Waals surface area contributed by atoms with Crippen LogP contribution in [0.15, 0.2) is 36.5 Å². The van der Waals surface area contributed by atoms with Crippen molar-refractivity contribution in [2.75, 3.05) is 5.32 Å². The van der Waals surface area contributed by atoms with E-state index in [0.29, 0.717) is 11.4 Å². The van der Waals surface area contributed by atoms with Crippen molar-refractivity contribution < 1.29 is 4.79 Å². The number of amides is 1. The molecule has 1 aromatic rings. The Kier molecular flexibility index (Phi) is 3.15. The molecule has 1 unspecified atom stereocenters. The fourth-order valence-corrected chi connectivity index (χ4v) is 1.81. The van der Waals surface area contributed by atoms with Crippen molar-refractivity contribution in [3.05, 3.63) is 41.6 Å². The SMILES string of the molecule is C=C1NC(=O)CCC1Nc1ccc(Cl)cc1. The lowest BCUT2D eigenvalue weighted by Gasteiger charge is -2.26. The Morgan fingerprint density at radius 2 is 2.06 bits per heavy atom. The van der Waals surface area contributed by atoms with Gasteiger partial charge < -0.3 is 10.6 Å². The number of hydrogen-bond donors (Lipinski definition) is 2. The van der Waals surface area contributed by atoms with Crippen molar-refractivity contribution in [1.29, 1.82) is 0 Å². The molecule has 4 heteroatoms. The maximum absolute atomic E-state index is 11.1. The van der Waals surface area contributed by atoms with Crippen molar-refractivity contribution in [3.8, 4) is 0 Å². The van der Waals surface area contributed by atoms with Crippen LogP contribution >= 0.6 is 11.6 Å². The van der Waals surface area contributed by atoms with Crippen LogP contribution < -0.4 is 10.6 Å². The van der Waals surface area contributed by atoms with Crippen LogP contribution in [0.5, 0.6) is 0 Å². The topological polar surface area (TPSA) is 41.1 Å². The molecule has 1 saturated heterocycles. The highest BCUT2D eigenvalue weighted by molar-refractivity contribution is 6.30. The predicted octanol–water partition coefficient (Wildman–Crippen LogP) is 2.54. The van der Waals surface area contributed by atoms with E-state index in [0.717, 1.165) is 17.8 Å². The average molecular weight is 237 g/mol. The molecule has 0 aromatic heterocycles. The summed E-state index contributed by atoms with van der Waals surface area (Å²) in [5.74, 6) is 0.0409. The third kappa shape index (κ3) is 2.55. The van der Waals surface area contributed by atoms with Crippen LogP contribution in [0.4, 0.5) is 5.69 Å². The molecular formula is C12H13ClN2O. The normalized spacial score (nSPS) is 20.4. The van der Waals surface area contributed by atoms with Crippen LogP contribution in [0.2, 0.25) is 5.02 Å². The second kappa shape index (κ2) is 4.58. The molecule has 0 spiro atoms. The van der Waals surface area contributed by atoms with Gasteiger partial charge in [-0.2, -0.15) is 0 Å².